The van der Waals surface area contributed by atoms with Crippen molar-refractivity contribution in [3.8, 4) is 10.6 Å². The molecule has 3 aromatic rings. The minimum atomic E-state index is 0.0682. The van der Waals surface area contributed by atoms with Gasteiger partial charge in [-0.2, -0.15) is 0 Å². The third-order valence-electron chi connectivity index (χ3n) is 6.34. The number of quaternary nitrogens is 1. The lowest BCUT2D eigenvalue weighted by molar-refractivity contribution is -0.688. The monoisotopic (exact) mass is 408 g/mol. The fourth-order valence-corrected chi connectivity index (χ4v) is 5.35. The van der Waals surface area contributed by atoms with Crippen molar-refractivity contribution in [2.24, 2.45) is 11.8 Å². The third-order valence-corrected chi connectivity index (χ3v) is 7.40. The number of anilines is 1. The van der Waals surface area contributed by atoms with Crippen molar-refractivity contribution < 1.29 is 10.1 Å². The van der Waals surface area contributed by atoms with E-state index in [0.717, 1.165) is 27.7 Å². The van der Waals surface area contributed by atoms with E-state index in [1.54, 1.807) is 11.3 Å². The van der Waals surface area contributed by atoms with Crippen molar-refractivity contribution in [1.29, 1.82) is 0 Å². The summed E-state index contributed by atoms with van der Waals surface area (Å²) in [7, 11) is 0. The molecule has 4 nitrogen and oxygen atoms in total. The summed E-state index contributed by atoms with van der Waals surface area (Å²) in [6, 6.07) is 14.9. The molecule has 1 aromatic heterocycles. The Morgan fingerprint density at radius 2 is 1.97 bits per heavy atom. The van der Waals surface area contributed by atoms with E-state index in [1.807, 2.05) is 24.3 Å². The molecule has 0 unspecified atom stereocenters. The van der Waals surface area contributed by atoms with E-state index < -0.39 is 0 Å². The summed E-state index contributed by atoms with van der Waals surface area (Å²) in [6.45, 7) is 7.24. The van der Waals surface area contributed by atoms with Crippen LogP contribution in [-0.2, 0) is 4.79 Å². The number of hydrogen-bond donors (Lipinski definition) is 2. The number of carbonyl (C=O) groups is 1. The van der Waals surface area contributed by atoms with Crippen LogP contribution in [0.25, 0.3) is 20.8 Å². The zero-order valence-corrected chi connectivity index (χ0v) is 18.3. The van der Waals surface area contributed by atoms with Gasteiger partial charge in [0.25, 0.3) is 5.91 Å². The van der Waals surface area contributed by atoms with E-state index in [-0.39, 0.29) is 5.91 Å². The predicted octanol–water partition coefficient (Wildman–Crippen LogP) is 4.60. The fraction of sp³-hybridized carbons (Fsp3) is 0.417. The van der Waals surface area contributed by atoms with Gasteiger partial charge in [0.2, 0.25) is 0 Å². The number of rotatable bonds is 5. The lowest BCUT2D eigenvalue weighted by Gasteiger charge is -2.31. The predicted molar refractivity (Wildman–Crippen MR) is 121 cm³/mol. The highest BCUT2D eigenvalue weighted by Gasteiger charge is 2.29. The zero-order valence-electron chi connectivity index (χ0n) is 17.4. The first-order chi connectivity index (χ1) is 14.0. The first-order valence-electron chi connectivity index (χ1n) is 10.6. The van der Waals surface area contributed by atoms with Crippen LogP contribution in [0.15, 0.2) is 42.5 Å². The molecule has 1 amide bonds. The molecule has 1 saturated carbocycles. The highest BCUT2D eigenvalue weighted by atomic mass is 32.1. The highest BCUT2D eigenvalue weighted by molar-refractivity contribution is 7.21. The van der Waals surface area contributed by atoms with Gasteiger partial charge in [0.15, 0.2) is 6.54 Å². The van der Waals surface area contributed by atoms with E-state index in [1.165, 1.54) is 29.5 Å². The summed E-state index contributed by atoms with van der Waals surface area (Å²) in [5, 5.41) is 6.27. The molecule has 4 rings (SSSR count). The third kappa shape index (κ3) is 4.68. The molecule has 5 heteroatoms. The van der Waals surface area contributed by atoms with Gasteiger partial charge in [-0.25, -0.2) is 4.98 Å². The SMILES string of the molecule is Cc1ccc2nc(-c3ccc(NC(=O)C[NH2+][C@@H]4CCC[C@H](C)[C@@H]4C)cc3)sc2c1. The van der Waals surface area contributed by atoms with Crippen LogP contribution in [0.1, 0.15) is 38.7 Å². The quantitative estimate of drug-likeness (QED) is 0.648. The Bertz CT molecular complexity index is 995. The Morgan fingerprint density at radius 3 is 2.76 bits per heavy atom. The van der Waals surface area contributed by atoms with Crippen molar-refractivity contribution in [3.05, 3.63) is 48.0 Å². The molecule has 1 heterocycles. The van der Waals surface area contributed by atoms with Gasteiger partial charge < -0.3 is 10.6 Å². The van der Waals surface area contributed by atoms with Crippen LogP contribution in [0.3, 0.4) is 0 Å². The lowest BCUT2D eigenvalue weighted by Crippen LogP contribution is -2.93. The Kier molecular flexibility index (Phi) is 5.97. The number of hydrogen-bond acceptors (Lipinski definition) is 3. The number of benzene rings is 2. The van der Waals surface area contributed by atoms with Crippen LogP contribution >= 0.6 is 11.3 Å². The number of aromatic nitrogens is 1. The van der Waals surface area contributed by atoms with Gasteiger partial charge in [-0.3, -0.25) is 4.79 Å². The van der Waals surface area contributed by atoms with Crippen LogP contribution < -0.4 is 10.6 Å². The summed E-state index contributed by atoms with van der Waals surface area (Å²) >= 11 is 1.71. The largest absolute Gasteiger partial charge is 0.336 e. The van der Waals surface area contributed by atoms with E-state index in [0.29, 0.717) is 18.5 Å². The molecule has 1 aliphatic rings. The average molecular weight is 409 g/mol. The number of aryl methyl sites for hydroxylation is 1. The number of fused-ring (bicyclic) bond motifs is 1. The number of thiazole rings is 1. The fourth-order valence-electron chi connectivity index (χ4n) is 4.28. The molecule has 3 N–H and O–H groups in total. The van der Waals surface area contributed by atoms with Gasteiger partial charge in [0.1, 0.15) is 5.01 Å². The van der Waals surface area contributed by atoms with Gasteiger partial charge >= 0.3 is 0 Å². The van der Waals surface area contributed by atoms with E-state index in [9.17, 15) is 4.79 Å². The molecule has 29 heavy (non-hydrogen) atoms. The second-order valence-electron chi connectivity index (χ2n) is 8.49. The Labute approximate surface area is 176 Å². The Hall–Kier alpha value is -2.24. The van der Waals surface area contributed by atoms with Crippen molar-refractivity contribution in [2.45, 2.75) is 46.1 Å². The Morgan fingerprint density at radius 1 is 1.17 bits per heavy atom. The minimum absolute atomic E-state index is 0.0682. The molecule has 0 bridgehead atoms. The van der Waals surface area contributed by atoms with Gasteiger partial charge in [-0.05, 0) is 74.1 Å². The van der Waals surface area contributed by atoms with E-state index >= 15 is 0 Å². The summed E-state index contributed by atoms with van der Waals surface area (Å²) in [6.07, 6.45) is 3.81. The van der Waals surface area contributed by atoms with Crippen molar-refractivity contribution in [3.63, 3.8) is 0 Å². The van der Waals surface area contributed by atoms with Crippen molar-refractivity contribution in [2.75, 3.05) is 11.9 Å². The number of carbonyl (C=O) groups excluding carboxylic acids is 1. The second kappa shape index (κ2) is 8.64. The topological polar surface area (TPSA) is 58.6 Å². The number of amides is 1. The molecule has 0 saturated heterocycles. The first kappa shape index (κ1) is 20.0. The smallest absolute Gasteiger partial charge is 0.279 e. The second-order valence-corrected chi connectivity index (χ2v) is 9.52. The first-order valence-corrected chi connectivity index (χ1v) is 11.4. The highest BCUT2D eigenvalue weighted by Crippen LogP contribution is 2.31. The molecule has 2 aromatic carbocycles. The maximum atomic E-state index is 12.4. The lowest BCUT2D eigenvalue weighted by atomic mass is 9.78. The molecular formula is C24H30N3OS+. The normalized spacial score (nSPS) is 22.0. The van der Waals surface area contributed by atoms with Crippen LogP contribution in [0.4, 0.5) is 5.69 Å². The van der Waals surface area contributed by atoms with Crippen LogP contribution in [0.5, 0.6) is 0 Å². The Balaban J connectivity index is 1.35. The van der Waals surface area contributed by atoms with Crippen LogP contribution in [0.2, 0.25) is 0 Å². The molecule has 0 radical (unpaired) electrons. The zero-order chi connectivity index (χ0) is 20.4. The number of nitrogens with zero attached hydrogens (tertiary/aromatic N) is 1. The molecule has 1 fully saturated rings. The molecule has 0 spiro atoms. The summed E-state index contributed by atoms with van der Waals surface area (Å²) < 4.78 is 1.21. The summed E-state index contributed by atoms with van der Waals surface area (Å²) in [5.41, 5.74) is 4.21. The maximum Gasteiger partial charge on any atom is 0.279 e. The van der Waals surface area contributed by atoms with Gasteiger partial charge in [-0.1, -0.05) is 19.9 Å². The van der Waals surface area contributed by atoms with Crippen molar-refractivity contribution in [1.82, 2.24) is 4.98 Å². The molecule has 152 valence electrons. The molecule has 3 atom stereocenters. The van der Waals surface area contributed by atoms with Gasteiger partial charge in [0.05, 0.1) is 16.3 Å². The molecule has 1 aliphatic carbocycles. The van der Waals surface area contributed by atoms with Crippen LogP contribution in [0, 0.1) is 18.8 Å². The van der Waals surface area contributed by atoms with Gasteiger partial charge in [-0.15, -0.1) is 11.3 Å². The van der Waals surface area contributed by atoms with E-state index in [2.05, 4.69) is 49.6 Å². The van der Waals surface area contributed by atoms with Crippen LogP contribution in [-0.4, -0.2) is 23.5 Å². The number of nitrogens with one attached hydrogen (secondary N) is 1. The standard InChI is InChI=1S/C24H29N3OS/c1-15-7-12-21-22(13-15)29-24(27-21)18-8-10-19(11-9-18)26-23(28)14-25-20-6-4-5-16(2)17(20)3/h7-13,16-17,20,25H,4-6,14H2,1-3H3,(H,26,28)/p+1/t16-,17-,20+/m0/s1. The maximum absolute atomic E-state index is 12.4. The molecule has 0 aliphatic heterocycles. The average Bonchev–Trinajstić information content (AvgIpc) is 3.13. The molecular weight excluding hydrogens is 378 g/mol. The van der Waals surface area contributed by atoms with Crippen molar-refractivity contribution >= 4 is 33.1 Å². The summed E-state index contributed by atoms with van der Waals surface area (Å²) in [4.78, 5) is 17.1. The number of nitrogens with two attached hydrogens (primary N) is 1. The van der Waals surface area contributed by atoms with Gasteiger partial charge in [0, 0.05) is 17.2 Å². The minimum Gasteiger partial charge on any atom is -0.336 e. The summed E-state index contributed by atoms with van der Waals surface area (Å²) in [5.74, 6) is 1.50. The van der Waals surface area contributed by atoms with E-state index in [4.69, 9.17) is 4.98 Å².